The molecule has 4 rings (SSSR count). The molecule has 104 valence electrons. The van der Waals surface area contributed by atoms with Gasteiger partial charge in [-0.2, -0.15) is 0 Å². The summed E-state index contributed by atoms with van der Waals surface area (Å²) in [6.07, 6.45) is 2.65. The molecule has 3 heterocycles. The fourth-order valence-electron chi connectivity index (χ4n) is 3.31. The normalized spacial score (nSPS) is 13.0. The fraction of sp³-hybridized carbons (Fsp3) is 0.167. The Hall–Kier alpha value is -2.55. The highest BCUT2D eigenvalue weighted by molar-refractivity contribution is 5.91. The third-order valence-corrected chi connectivity index (χ3v) is 4.46. The van der Waals surface area contributed by atoms with Crippen LogP contribution in [0.4, 0.5) is 0 Å². The minimum absolute atomic E-state index is 0.0895. The zero-order valence-electron chi connectivity index (χ0n) is 11.9. The third kappa shape index (κ3) is 1.57. The van der Waals surface area contributed by atoms with E-state index in [4.69, 9.17) is 0 Å². The maximum atomic E-state index is 12.5. The van der Waals surface area contributed by atoms with E-state index in [-0.39, 0.29) is 5.56 Å². The summed E-state index contributed by atoms with van der Waals surface area (Å²) in [5.74, 6) is 0. The third-order valence-electron chi connectivity index (χ3n) is 4.46. The molecule has 1 aliphatic heterocycles. The molecule has 3 heteroatoms. The van der Waals surface area contributed by atoms with Gasteiger partial charge < -0.3 is 9.55 Å². The number of aromatic amines is 1. The summed E-state index contributed by atoms with van der Waals surface area (Å²) in [7, 11) is 0. The molecule has 21 heavy (non-hydrogen) atoms. The molecular weight excluding hydrogens is 260 g/mol. The highest BCUT2D eigenvalue weighted by Gasteiger charge is 2.22. The van der Waals surface area contributed by atoms with Gasteiger partial charge in [-0.25, -0.2) is 0 Å². The molecule has 0 bridgehead atoms. The molecule has 0 unspecified atom stereocenters. The molecule has 3 aromatic rings. The molecule has 1 N–H and O–H groups in total. The molecule has 3 nitrogen and oxygen atoms in total. The van der Waals surface area contributed by atoms with Crippen molar-refractivity contribution in [3.8, 4) is 11.4 Å². The van der Waals surface area contributed by atoms with Gasteiger partial charge in [0.2, 0.25) is 0 Å². The molecule has 0 amide bonds. The van der Waals surface area contributed by atoms with Crippen molar-refractivity contribution in [1.29, 1.82) is 0 Å². The quantitative estimate of drug-likeness (QED) is 0.725. The number of nitrogens with zero attached hydrogens (tertiary/aromatic N) is 1. The van der Waals surface area contributed by atoms with Crippen LogP contribution >= 0.6 is 0 Å². The largest absolute Gasteiger partial charge is 0.353 e. The molecule has 0 saturated carbocycles. The standard InChI is InChI=1S/C18H16N2O/c1-3-12-10-16-17-14(8-9-20(16)18(21)11(12)2)13-6-4-5-7-15(13)19-17/h3-7,10,19H,1,8-9H2,2H3. The first-order valence-electron chi connectivity index (χ1n) is 7.17. The van der Waals surface area contributed by atoms with Gasteiger partial charge in [-0.15, -0.1) is 0 Å². The SMILES string of the molecule is C=Cc1cc2n(c(=O)c1C)CCc1c-2[nH]c2ccccc12. The van der Waals surface area contributed by atoms with Crippen LogP contribution in [0.25, 0.3) is 28.4 Å². The van der Waals surface area contributed by atoms with Crippen LogP contribution in [0.15, 0.2) is 41.7 Å². The first-order chi connectivity index (χ1) is 10.2. The topological polar surface area (TPSA) is 37.8 Å². The van der Waals surface area contributed by atoms with Crippen LogP contribution in [0.3, 0.4) is 0 Å². The van der Waals surface area contributed by atoms with E-state index in [1.807, 2.05) is 17.6 Å². The van der Waals surface area contributed by atoms with Gasteiger partial charge in [0.25, 0.3) is 5.56 Å². The van der Waals surface area contributed by atoms with E-state index in [1.54, 1.807) is 6.08 Å². The average Bonchev–Trinajstić information content (AvgIpc) is 2.89. The van der Waals surface area contributed by atoms with Gasteiger partial charge in [-0.3, -0.25) is 4.79 Å². The number of hydrogen-bond donors (Lipinski definition) is 1. The van der Waals surface area contributed by atoms with Crippen LogP contribution in [0.1, 0.15) is 16.7 Å². The Bertz CT molecular complexity index is 944. The minimum atomic E-state index is 0.0895. The summed E-state index contributed by atoms with van der Waals surface area (Å²) in [5.41, 5.74) is 6.26. The Morgan fingerprint density at radius 3 is 2.95 bits per heavy atom. The van der Waals surface area contributed by atoms with Gasteiger partial charge in [-0.1, -0.05) is 30.9 Å². The monoisotopic (exact) mass is 276 g/mol. The summed E-state index contributed by atoms with van der Waals surface area (Å²) in [4.78, 5) is 16.0. The smallest absolute Gasteiger partial charge is 0.254 e. The van der Waals surface area contributed by atoms with E-state index in [0.717, 1.165) is 41.0 Å². The van der Waals surface area contributed by atoms with Gasteiger partial charge in [0.15, 0.2) is 0 Å². The van der Waals surface area contributed by atoms with E-state index < -0.39 is 0 Å². The lowest BCUT2D eigenvalue weighted by Gasteiger charge is -2.20. The molecule has 0 aliphatic carbocycles. The molecule has 0 saturated heterocycles. The maximum Gasteiger partial charge on any atom is 0.254 e. The Morgan fingerprint density at radius 2 is 2.14 bits per heavy atom. The first-order valence-corrected chi connectivity index (χ1v) is 7.17. The molecule has 2 aromatic heterocycles. The maximum absolute atomic E-state index is 12.5. The summed E-state index contributed by atoms with van der Waals surface area (Å²) < 4.78 is 1.88. The van der Waals surface area contributed by atoms with Gasteiger partial charge in [0.05, 0.1) is 11.4 Å². The summed E-state index contributed by atoms with van der Waals surface area (Å²) in [5, 5.41) is 1.26. The van der Waals surface area contributed by atoms with Crippen LogP contribution < -0.4 is 5.56 Å². The van der Waals surface area contributed by atoms with Gasteiger partial charge in [0, 0.05) is 23.0 Å². The zero-order chi connectivity index (χ0) is 14.6. The van der Waals surface area contributed by atoms with Gasteiger partial charge in [-0.05, 0) is 36.6 Å². The Kier molecular flexibility index (Phi) is 2.45. The molecule has 0 spiro atoms. The number of pyridine rings is 1. The number of H-pyrrole nitrogens is 1. The number of fused-ring (bicyclic) bond motifs is 5. The van der Waals surface area contributed by atoms with Gasteiger partial charge >= 0.3 is 0 Å². The second-order valence-corrected chi connectivity index (χ2v) is 5.54. The average molecular weight is 276 g/mol. The van der Waals surface area contributed by atoms with Crippen molar-refractivity contribution in [3.63, 3.8) is 0 Å². The predicted octanol–water partition coefficient (Wildman–Crippen LogP) is 3.50. The number of aryl methyl sites for hydroxylation is 1. The van der Waals surface area contributed by atoms with Crippen molar-refractivity contribution < 1.29 is 0 Å². The molecule has 1 aromatic carbocycles. The lowest BCUT2D eigenvalue weighted by Crippen LogP contribution is -2.28. The van der Waals surface area contributed by atoms with E-state index in [2.05, 4.69) is 35.8 Å². The summed E-state index contributed by atoms with van der Waals surface area (Å²) in [6.45, 7) is 6.43. The van der Waals surface area contributed by atoms with E-state index in [1.165, 1.54) is 10.9 Å². The number of aromatic nitrogens is 2. The van der Waals surface area contributed by atoms with Crippen LogP contribution in [0.5, 0.6) is 0 Å². The van der Waals surface area contributed by atoms with Crippen molar-refractivity contribution in [2.45, 2.75) is 19.9 Å². The van der Waals surface area contributed by atoms with Crippen molar-refractivity contribution in [2.75, 3.05) is 0 Å². The van der Waals surface area contributed by atoms with Gasteiger partial charge in [0.1, 0.15) is 0 Å². The molecular formula is C18H16N2O. The number of nitrogens with one attached hydrogen (secondary N) is 1. The highest BCUT2D eigenvalue weighted by Crippen LogP contribution is 2.34. The lowest BCUT2D eigenvalue weighted by molar-refractivity contribution is 0.656. The molecule has 0 fully saturated rings. The van der Waals surface area contributed by atoms with Crippen LogP contribution in [-0.4, -0.2) is 9.55 Å². The second kappa shape index (κ2) is 4.22. The highest BCUT2D eigenvalue weighted by atomic mass is 16.1. The summed E-state index contributed by atoms with van der Waals surface area (Å²) in [6, 6.07) is 10.4. The van der Waals surface area contributed by atoms with Crippen LogP contribution in [0, 0.1) is 6.92 Å². The van der Waals surface area contributed by atoms with Crippen molar-refractivity contribution in [1.82, 2.24) is 9.55 Å². The van der Waals surface area contributed by atoms with Crippen LogP contribution in [0.2, 0.25) is 0 Å². The number of benzene rings is 1. The van der Waals surface area contributed by atoms with Crippen molar-refractivity contribution in [2.24, 2.45) is 0 Å². The number of para-hydroxylation sites is 1. The Morgan fingerprint density at radius 1 is 1.33 bits per heavy atom. The van der Waals surface area contributed by atoms with E-state index in [0.29, 0.717) is 0 Å². The van der Waals surface area contributed by atoms with E-state index in [9.17, 15) is 4.79 Å². The van der Waals surface area contributed by atoms with Crippen LogP contribution in [-0.2, 0) is 13.0 Å². The lowest BCUT2D eigenvalue weighted by atomic mass is 9.99. The minimum Gasteiger partial charge on any atom is -0.353 e. The first kappa shape index (κ1) is 12.2. The fourth-order valence-corrected chi connectivity index (χ4v) is 3.31. The Balaban J connectivity index is 2.11. The second-order valence-electron chi connectivity index (χ2n) is 5.54. The zero-order valence-corrected chi connectivity index (χ0v) is 11.9. The van der Waals surface area contributed by atoms with E-state index >= 15 is 0 Å². The van der Waals surface area contributed by atoms with Crippen molar-refractivity contribution in [3.05, 3.63) is 64.0 Å². The van der Waals surface area contributed by atoms with Crippen molar-refractivity contribution >= 4 is 17.0 Å². The molecule has 0 radical (unpaired) electrons. The summed E-state index contributed by atoms with van der Waals surface area (Å²) >= 11 is 0. The molecule has 1 aliphatic rings. The number of rotatable bonds is 1. The predicted molar refractivity (Wildman–Crippen MR) is 86.5 cm³/mol. The number of hydrogen-bond acceptors (Lipinski definition) is 1. The Labute approximate surface area is 122 Å². The molecule has 0 atom stereocenters.